The minimum absolute atomic E-state index is 0.120. The highest BCUT2D eigenvalue weighted by Gasteiger charge is 2.30. The maximum absolute atomic E-state index is 3.56. The van der Waals surface area contributed by atoms with Gasteiger partial charge in [0.2, 0.25) is 0 Å². The Morgan fingerprint density at radius 3 is 0.897 bits per heavy atom. The van der Waals surface area contributed by atoms with Crippen molar-refractivity contribution in [3.8, 4) is 0 Å². The fourth-order valence-corrected chi connectivity index (χ4v) is 5.84. The van der Waals surface area contributed by atoms with E-state index in [4.69, 9.17) is 0 Å². The van der Waals surface area contributed by atoms with Crippen molar-refractivity contribution in [2.45, 2.75) is 121 Å². The van der Waals surface area contributed by atoms with Gasteiger partial charge in [-0.15, -0.1) is 0 Å². The fraction of sp³-hybridized carbons (Fsp3) is 0.421. The Morgan fingerprint density at radius 1 is 0.538 bits per heavy atom. The van der Waals surface area contributed by atoms with Crippen LogP contribution >= 0.6 is 0 Å². The molecule has 0 amide bonds. The van der Waals surface area contributed by atoms with Gasteiger partial charge in [0.15, 0.2) is 14.7 Å². The number of rotatable bonds is 4. The van der Waals surface area contributed by atoms with E-state index in [1.807, 2.05) is 39.8 Å². The summed E-state index contributed by atoms with van der Waals surface area (Å²) in [7, 11) is -0.120. The summed E-state index contributed by atoms with van der Waals surface area (Å²) in [4.78, 5) is 4.13. The highest BCUT2D eigenvalue weighted by atomic mass is 32.2. The van der Waals surface area contributed by atoms with E-state index in [0.29, 0.717) is 0 Å². The number of hydrogen-bond donors (Lipinski definition) is 0. The largest absolute Gasteiger partial charge is 0.166 e. The molecule has 0 saturated heterocycles. The molecule has 0 bridgehead atoms. The second-order valence-electron chi connectivity index (χ2n) is 12.9. The Labute approximate surface area is 245 Å². The third-order valence-electron chi connectivity index (χ3n) is 6.65. The maximum Gasteiger partial charge on any atom is 0.166 e. The minimum atomic E-state index is -0.120. The van der Waals surface area contributed by atoms with Crippen LogP contribution in [0.1, 0.15) is 107 Å². The van der Waals surface area contributed by atoms with Gasteiger partial charge in [-0.25, -0.2) is 0 Å². The molecule has 0 atom stereocenters. The summed E-state index contributed by atoms with van der Waals surface area (Å²) in [6.45, 7) is 32.1. The highest BCUT2D eigenvalue weighted by Crippen LogP contribution is 2.35. The van der Waals surface area contributed by atoms with Gasteiger partial charge in [0.05, 0.1) is 10.9 Å². The number of allylic oxidation sites excluding steroid dienone is 3. The zero-order valence-corrected chi connectivity index (χ0v) is 28.0. The topological polar surface area (TPSA) is 0 Å². The molecule has 3 aromatic carbocycles. The SMILES string of the molecule is C=C/C(C)=C\C.CC.CC(C)(C)c1ccc([S+](c2ccc(C(C)(C)C)cc2)c2ccc(C(C)(C)C)cc2)cc1. The van der Waals surface area contributed by atoms with E-state index in [0.717, 1.165) is 0 Å². The maximum atomic E-state index is 3.56. The predicted molar refractivity (Wildman–Crippen MR) is 179 cm³/mol. The standard InChI is InChI=1S/C30H39S.C6H10.C2H6/c1-28(2,3)22-10-16-25(17-11-22)31(26-18-12-23(13-19-26)29(4,5)6)27-20-14-24(15-21-27)30(7,8)9;1-4-6(3)5-2;1-2/h10-21H,1-9H3;4-5H,1H2,2-3H3;1-2H3/q+1;;/b;6-5-;. The third-order valence-corrected chi connectivity index (χ3v) is 8.88. The molecule has 0 aromatic heterocycles. The van der Waals surface area contributed by atoms with Crippen LogP contribution in [0, 0.1) is 0 Å². The summed E-state index contributed by atoms with van der Waals surface area (Å²) in [6.07, 6.45) is 3.85. The normalized spacial score (nSPS) is 12.2. The monoisotopic (exact) mass is 543 g/mol. The Hall–Kier alpha value is -2.51. The first-order chi connectivity index (χ1) is 18.1. The lowest BCUT2D eigenvalue weighted by atomic mass is 9.87. The summed E-state index contributed by atoms with van der Waals surface area (Å²) < 4.78 is 0. The van der Waals surface area contributed by atoms with Gasteiger partial charge in [-0.05, 0) is 83.2 Å². The second-order valence-corrected chi connectivity index (χ2v) is 14.9. The van der Waals surface area contributed by atoms with E-state index in [2.05, 4.69) is 142 Å². The van der Waals surface area contributed by atoms with Gasteiger partial charge >= 0.3 is 0 Å². The van der Waals surface area contributed by atoms with Crippen molar-refractivity contribution in [3.63, 3.8) is 0 Å². The van der Waals surface area contributed by atoms with Crippen LogP contribution < -0.4 is 0 Å². The van der Waals surface area contributed by atoms with Crippen LogP contribution in [-0.2, 0) is 27.1 Å². The van der Waals surface area contributed by atoms with Gasteiger partial charge in [-0.3, -0.25) is 0 Å². The van der Waals surface area contributed by atoms with Crippen LogP contribution in [0.4, 0.5) is 0 Å². The molecule has 0 aliphatic rings. The molecule has 0 N–H and O–H groups in total. The molecule has 0 aliphatic heterocycles. The summed E-state index contributed by atoms with van der Waals surface area (Å²) in [6, 6.07) is 27.8. The van der Waals surface area contributed by atoms with Crippen molar-refractivity contribution >= 4 is 10.9 Å². The first-order valence-corrected chi connectivity index (χ1v) is 15.6. The number of benzene rings is 3. The van der Waals surface area contributed by atoms with Gasteiger partial charge in [0.1, 0.15) is 0 Å². The van der Waals surface area contributed by atoms with Crippen LogP contribution in [0.15, 0.2) is 112 Å². The summed E-state index contributed by atoms with van der Waals surface area (Å²) in [5.41, 5.74) is 5.87. The first-order valence-electron chi connectivity index (χ1n) is 14.4. The van der Waals surface area contributed by atoms with E-state index in [-0.39, 0.29) is 27.1 Å². The van der Waals surface area contributed by atoms with E-state index >= 15 is 0 Å². The molecule has 3 aromatic rings. The number of hydrogen-bond acceptors (Lipinski definition) is 0. The smallest absolute Gasteiger partial charge is 0.0988 e. The zero-order valence-electron chi connectivity index (χ0n) is 27.2. The molecule has 0 radical (unpaired) electrons. The van der Waals surface area contributed by atoms with Gasteiger partial charge in [-0.2, -0.15) is 0 Å². The highest BCUT2D eigenvalue weighted by molar-refractivity contribution is 7.97. The van der Waals surface area contributed by atoms with E-state index < -0.39 is 0 Å². The van der Waals surface area contributed by atoms with Crippen molar-refractivity contribution in [2.75, 3.05) is 0 Å². The Kier molecular flexibility index (Phi) is 13.1. The van der Waals surface area contributed by atoms with Crippen molar-refractivity contribution in [2.24, 2.45) is 0 Å². The van der Waals surface area contributed by atoms with Crippen LogP contribution in [0.25, 0.3) is 0 Å². The third kappa shape index (κ3) is 10.5. The molecular formula is C38H55S+. The summed E-state index contributed by atoms with van der Waals surface area (Å²) in [5, 5.41) is 0. The van der Waals surface area contributed by atoms with Crippen LogP contribution in [0.3, 0.4) is 0 Å². The van der Waals surface area contributed by atoms with Gasteiger partial charge in [0, 0.05) is 0 Å². The Bertz CT molecular complexity index is 1020. The molecule has 212 valence electrons. The lowest BCUT2D eigenvalue weighted by molar-refractivity contribution is 0.589. The molecule has 0 spiro atoms. The Morgan fingerprint density at radius 2 is 0.769 bits per heavy atom. The van der Waals surface area contributed by atoms with E-state index in [1.54, 1.807) is 0 Å². The molecule has 0 aliphatic carbocycles. The van der Waals surface area contributed by atoms with Crippen LogP contribution in [-0.4, -0.2) is 0 Å². The van der Waals surface area contributed by atoms with Gasteiger partial charge in [-0.1, -0.05) is 137 Å². The minimum Gasteiger partial charge on any atom is -0.0988 e. The summed E-state index contributed by atoms with van der Waals surface area (Å²) >= 11 is 0. The molecule has 0 heterocycles. The molecule has 0 nitrogen and oxygen atoms in total. The molecule has 39 heavy (non-hydrogen) atoms. The summed E-state index contributed by atoms with van der Waals surface area (Å²) in [5.74, 6) is 0. The molecule has 0 unspecified atom stereocenters. The van der Waals surface area contributed by atoms with Crippen molar-refractivity contribution in [3.05, 3.63) is 114 Å². The average Bonchev–Trinajstić information content (AvgIpc) is 2.89. The molecular weight excluding hydrogens is 488 g/mol. The van der Waals surface area contributed by atoms with Crippen molar-refractivity contribution in [1.82, 2.24) is 0 Å². The lowest BCUT2D eigenvalue weighted by Crippen LogP contribution is -2.13. The second kappa shape index (κ2) is 14.8. The average molecular weight is 544 g/mol. The molecule has 0 saturated carbocycles. The molecule has 0 fully saturated rings. The first kappa shape index (κ1) is 34.5. The van der Waals surface area contributed by atoms with Gasteiger partial charge < -0.3 is 0 Å². The lowest BCUT2D eigenvalue weighted by Gasteiger charge is -2.21. The fourth-order valence-electron chi connectivity index (χ4n) is 3.80. The zero-order chi connectivity index (χ0) is 30.0. The van der Waals surface area contributed by atoms with Crippen molar-refractivity contribution < 1.29 is 0 Å². The van der Waals surface area contributed by atoms with Crippen LogP contribution in [0.5, 0.6) is 0 Å². The Balaban J connectivity index is 0.000000839. The quantitative estimate of drug-likeness (QED) is 0.227. The van der Waals surface area contributed by atoms with E-state index in [1.165, 1.54) is 36.9 Å². The van der Waals surface area contributed by atoms with Crippen molar-refractivity contribution in [1.29, 1.82) is 0 Å². The molecule has 1 heteroatoms. The predicted octanol–water partition coefficient (Wildman–Crippen LogP) is 11.8. The molecule has 3 rings (SSSR count). The van der Waals surface area contributed by atoms with Gasteiger partial charge in [0.25, 0.3) is 0 Å². The van der Waals surface area contributed by atoms with E-state index in [9.17, 15) is 0 Å². The van der Waals surface area contributed by atoms with Crippen LogP contribution in [0.2, 0.25) is 0 Å².